The first-order valence-electron chi connectivity index (χ1n) is 4.35. The predicted molar refractivity (Wildman–Crippen MR) is 43.7 cm³/mol. The highest BCUT2D eigenvalue weighted by Crippen LogP contribution is 2.48. The highest BCUT2D eigenvalue weighted by Gasteiger charge is 2.47. The minimum Gasteiger partial charge on any atom is -0.456 e. The first-order chi connectivity index (χ1) is 6.48. The van der Waals surface area contributed by atoms with E-state index < -0.39 is 11.9 Å². The quantitative estimate of drug-likeness (QED) is 0.804. The zero-order chi connectivity index (χ0) is 10.4. The predicted octanol–water partition coefficient (Wildman–Crippen LogP) is 2.29. The van der Waals surface area contributed by atoms with Gasteiger partial charge in [0.25, 0.3) is 0 Å². The molecule has 2 rings (SSSR count). The van der Waals surface area contributed by atoms with Gasteiger partial charge in [0.15, 0.2) is 0 Å². The molecule has 1 heterocycles. The molecule has 5 heteroatoms. The summed E-state index contributed by atoms with van der Waals surface area (Å²) in [5.74, 6) is -0.570. The standard InChI is InChI=1S/C9H10F3NO/c10-9(11,12)7-2-1-6(14-7)8(5-13)3-4-8/h1-2H,3-5,13H2. The van der Waals surface area contributed by atoms with Crippen molar-refractivity contribution in [2.75, 3.05) is 6.54 Å². The molecular weight excluding hydrogens is 195 g/mol. The molecule has 0 aliphatic heterocycles. The fourth-order valence-electron chi connectivity index (χ4n) is 1.48. The third kappa shape index (κ3) is 1.41. The summed E-state index contributed by atoms with van der Waals surface area (Å²) in [6.45, 7) is 0.345. The lowest BCUT2D eigenvalue weighted by molar-refractivity contribution is -0.153. The van der Waals surface area contributed by atoms with Crippen molar-refractivity contribution in [3.63, 3.8) is 0 Å². The summed E-state index contributed by atoms with van der Waals surface area (Å²) in [5, 5.41) is 0. The van der Waals surface area contributed by atoms with Gasteiger partial charge in [-0.05, 0) is 25.0 Å². The van der Waals surface area contributed by atoms with Crippen molar-refractivity contribution in [1.82, 2.24) is 0 Å². The van der Waals surface area contributed by atoms with E-state index >= 15 is 0 Å². The van der Waals surface area contributed by atoms with Gasteiger partial charge < -0.3 is 10.2 Å². The molecule has 0 atom stereocenters. The van der Waals surface area contributed by atoms with Crippen LogP contribution in [0.5, 0.6) is 0 Å². The number of nitrogens with two attached hydrogens (primary N) is 1. The van der Waals surface area contributed by atoms with E-state index in [1.54, 1.807) is 0 Å². The highest BCUT2D eigenvalue weighted by molar-refractivity contribution is 5.25. The Morgan fingerprint density at radius 1 is 1.36 bits per heavy atom. The maximum Gasteiger partial charge on any atom is 0.449 e. The SMILES string of the molecule is NCC1(c2ccc(C(F)(F)F)o2)CC1. The van der Waals surface area contributed by atoms with Crippen molar-refractivity contribution in [3.05, 3.63) is 23.7 Å². The molecule has 2 N–H and O–H groups in total. The molecule has 1 aliphatic rings. The second-order valence-corrected chi connectivity index (χ2v) is 3.65. The molecule has 1 aliphatic carbocycles. The lowest BCUT2D eigenvalue weighted by Gasteiger charge is -2.08. The zero-order valence-corrected chi connectivity index (χ0v) is 7.40. The van der Waals surface area contributed by atoms with Crippen LogP contribution in [-0.2, 0) is 11.6 Å². The second-order valence-electron chi connectivity index (χ2n) is 3.65. The van der Waals surface area contributed by atoms with Crippen LogP contribution in [0.3, 0.4) is 0 Å². The van der Waals surface area contributed by atoms with Crippen LogP contribution in [0.1, 0.15) is 24.4 Å². The van der Waals surface area contributed by atoms with Crippen molar-refractivity contribution in [1.29, 1.82) is 0 Å². The molecule has 0 radical (unpaired) electrons. The fraction of sp³-hybridized carbons (Fsp3) is 0.556. The molecule has 1 saturated carbocycles. The van der Waals surface area contributed by atoms with E-state index in [1.165, 1.54) is 6.07 Å². The molecular formula is C9H10F3NO. The van der Waals surface area contributed by atoms with E-state index in [-0.39, 0.29) is 5.41 Å². The van der Waals surface area contributed by atoms with E-state index in [1.807, 2.05) is 0 Å². The van der Waals surface area contributed by atoms with Gasteiger partial charge in [-0.3, -0.25) is 0 Å². The number of hydrogen-bond acceptors (Lipinski definition) is 2. The maximum atomic E-state index is 12.2. The normalized spacial score (nSPS) is 19.7. The lowest BCUT2D eigenvalue weighted by atomic mass is 10.1. The third-order valence-corrected chi connectivity index (χ3v) is 2.65. The minimum atomic E-state index is -4.40. The Bertz CT molecular complexity index is 338. The van der Waals surface area contributed by atoms with Gasteiger partial charge in [0.05, 0.1) is 0 Å². The summed E-state index contributed by atoms with van der Waals surface area (Å²) >= 11 is 0. The van der Waals surface area contributed by atoms with Crippen LogP contribution in [0.25, 0.3) is 0 Å². The van der Waals surface area contributed by atoms with Gasteiger partial charge in [0.2, 0.25) is 5.76 Å². The van der Waals surface area contributed by atoms with Gasteiger partial charge in [0, 0.05) is 12.0 Å². The largest absolute Gasteiger partial charge is 0.456 e. The van der Waals surface area contributed by atoms with Gasteiger partial charge in [-0.15, -0.1) is 0 Å². The Kier molecular flexibility index (Phi) is 1.89. The van der Waals surface area contributed by atoms with Crippen molar-refractivity contribution < 1.29 is 17.6 Å². The Labute approximate surface area is 78.9 Å². The van der Waals surface area contributed by atoms with Crippen LogP contribution in [-0.4, -0.2) is 6.54 Å². The Morgan fingerprint density at radius 3 is 2.36 bits per heavy atom. The molecule has 0 bridgehead atoms. The second kappa shape index (κ2) is 2.76. The Hall–Kier alpha value is -0.970. The number of alkyl halides is 3. The molecule has 0 aromatic carbocycles. The molecule has 78 valence electrons. The lowest BCUT2D eigenvalue weighted by Crippen LogP contribution is -2.18. The summed E-state index contributed by atoms with van der Waals surface area (Å²) in [6, 6.07) is 2.34. The van der Waals surface area contributed by atoms with Crippen LogP contribution in [0, 0.1) is 0 Å². The minimum absolute atomic E-state index is 0.316. The van der Waals surface area contributed by atoms with Crippen molar-refractivity contribution in [3.8, 4) is 0 Å². The summed E-state index contributed by atoms with van der Waals surface area (Å²) in [5.41, 5.74) is 5.16. The first-order valence-corrected chi connectivity index (χ1v) is 4.35. The summed E-state index contributed by atoms with van der Waals surface area (Å²) < 4.78 is 41.3. The van der Waals surface area contributed by atoms with E-state index in [0.29, 0.717) is 12.3 Å². The average molecular weight is 205 g/mol. The highest BCUT2D eigenvalue weighted by atomic mass is 19.4. The molecule has 0 saturated heterocycles. The van der Waals surface area contributed by atoms with Crippen molar-refractivity contribution >= 4 is 0 Å². The van der Waals surface area contributed by atoms with Gasteiger partial charge in [-0.25, -0.2) is 0 Å². The maximum absolute atomic E-state index is 12.2. The molecule has 0 spiro atoms. The van der Waals surface area contributed by atoms with Crippen LogP contribution in [0.4, 0.5) is 13.2 Å². The van der Waals surface area contributed by atoms with Gasteiger partial charge in [-0.2, -0.15) is 13.2 Å². The molecule has 2 nitrogen and oxygen atoms in total. The van der Waals surface area contributed by atoms with E-state index in [4.69, 9.17) is 10.2 Å². The molecule has 1 fully saturated rings. The smallest absolute Gasteiger partial charge is 0.449 e. The van der Waals surface area contributed by atoms with Crippen LogP contribution >= 0.6 is 0 Å². The van der Waals surface area contributed by atoms with Crippen LogP contribution in [0.2, 0.25) is 0 Å². The van der Waals surface area contributed by atoms with Crippen molar-refractivity contribution in [2.45, 2.75) is 24.4 Å². The topological polar surface area (TPSA) is 39.2 Å². The number of rotatable bonds is 2. The first kappa shape index (κ1) is 9.58. The molecule has 0 amide bonds. The van der Waals surface area contributed by atoms with Gasteiger partial charge in [0.1, 0.15) is 5.76 Å². The zero-order valence-electron chi connectivity index (χ0n) is 7.40. The van der Waals surface area contributed by atoms with Crippen molar-refractivity contribution in [2.24, 2.45) is 5.73 Å². The number of hydrogen-bond donors (Lipinski definition) is 1. The molecule has 14 heavy (non-hydrogen) atoms. The Balaban J connectivity index is 2.27. The molecule has 1 aromatic rings. The Morgan fingerprint density at radius 2 is 2.00 bits per heavy atom. The van der Waals surface area contributed by atoms with E-state index in [9.17, 15) is 13.2 Å². The summed E-state index contributed by atoms with van der Waals surface area (Å²) in [7, 11) is 0. The average Bonchev–Trinajstić information content (AvgIpc) is 2.73. The third-order valence-electron chi connectivity index (χ3n) is 2.65. The summed E-state index contributed by atoms with van der Waals surface area (Å²) in [4.78, 5) is 0. The number of halogens is 3. The molecule has 0 unspecified atom stereocenters. The fourth-order valence-corrected chi connectivity index (χ4v) is 1.48. The van der Waals surface area contributed by atoms with Gasteiger partial charge >= 0.3 is 6.18 Å². The van der Waals surface area contributed by atoms with Gasteiger partial charge in [-0.1, -0.05) is 0 Å². The van der Waals surface area contributed by atoms with E-state index in [0.717, 1.165) is 18.9 Å². The monoisotopic (exact) mass is 205 g/mol. The molecule has 1 aromatic heterocycles. The van der Waals surface area contributed by atoms with Crippen LogP contribution in [0.15, 0.2) is 16.5 Å². The van der Waals surface area contributed by atoms with Crippen LogP contribution < -0.4 is 5.73 Å². The number of furan rings is 1. The van der Waals surface area contributed by atoms with E-state index in [2.05, 4.69) is 0 Å². The summed E-state index contributed by atoms with van der Waals surface area (Å²) in [6.07, 6.45) is -2.77.